The van der Waals surface area contributed by atoms with Gasteiger partial charge in [0, 0.05) is 31.2 Å². The lowest BCUT2D eigenvalue weighted by atomic mass is 9.66. The monoisotopic (exact) mass is 817 g/mol. The van der Waals surface area contributed by atoms with E-state index >= 15 is 0 Å². The summed E-state index contributed by atoms with van der Waals surface area (Å²) in [7, 11) is 1.94. The molecule has 0 bridgehead atoms. The Hall–Kier alpha value is -2.44. The van der Waals surface area contributed by atoms with Crippen molar-refractivity contribution in [3.05, 3.63) is 30.3 Å². The molecule has 3 aliphatic carbocycles. The molecule has 3 heterocycles. The van der Waals surface area contributed by atoms with Crippen molar-refractivity contribution in [1.82, 2.24) is 10.6 Å². The first-order chi connectivity index (χ1) is 27.9. The number of fused-ring (bicyclic) bond motifs is 1. The highest BCUT2D eigenvalue weighted by molar-refractivity contribution is 5.82. The smallest absolute Gasteiger partial charge is 0.335 e. The number of rotatable bonds is 18. The number of aliphatic hydroxyl groups excluding tert-OH is 4. The summed E-state index contributed by atoms with van der Waals surface area (Å²) < 4.78 is 18.5. The molecular formula is C43H69N4O11+. The molecule has 0 spiro atoms. The Morgan fingerprint density at radius 3 is 2.45 bits per heavy atom. The molecule has 58 heavy (non-hydrogen) atoms. The van der Waals surface area contributed by atoms with Crippen molar-refractivity contribution in [3.8, 4) is 0 Å². The fourth-order valence-corrected chi connectivity index (χ4v) is 10.7. The zero-order valence-corrected chi connectivity index (χ0v) is 34.0. The van der Waals surface area contributed by atoms with E-state index in [2.05, 4.69) is 27.8 Å². The summed E-state index contributed by atoms with van der Waals surface area (Å²) in [5.74, 6) is -2.06. The predicted molar refractivity (Wildman–Crippen MR) is 215 cm³/mol. The molecule has 326 valence electrons. The van der Waals surface area contributed by atoms with Crippen LogP contribution in [0.3, 0.4) is 0 Å². The maximum absolute atomic E-state index is 12.7. The number of allylic oxidation sites excluding steroid dienone is 3. The van der Waals surface area contributed by atoms with E-state index in [9.17, 15) is 40.2 Å². The van der Waals surface area contributed by atoms with Crippen molar-refractivity contribution in [2.24, 2.45) is 46.2 Å². The lowest BCUT2D eigenvalue weighted by Gasteiger charge is -2.52. The minimum atomic E-state index is -2.25. The second-order valence-electron chi connectivity index (χ2n) is 18.0. The molecule has 6 unspecified atom stereocenters. The summed E-state index contributed by atoms with van der Waals surface area (Å²) in [4.78, 5) is 29.2. The zero-order chi connectivity index (χ0) is 41.4. The number of carboxylic acids is 1. The summed E-state index contributed by atoms with van der Waals surface area (Å²) in [6, 6.07) is 0. The Morgan fingerprint density at radius 2 is 1.78 bits per heavy atom. The molecule has 0 radical (unpaired) electrons. The number of ether oxygens (including phenoxy) is 3. The van der Waals surface area contributed by atoms with Crippen LogP contribution in [0.1, 0.15) is 96.3 Å². The van der Waals surface area contributed by atoms with Gasteiger partial charge in [-0.15, -0.1) is 4.99 Å². The summed E-state index contributed by atoms with van der Waals surface area (Å²) >= 11 is 0. The van der Waals surface area contributed by atoms with Crippen LogP contribution in [0.2, 0.25) is 0 Å². The topological polar surface area (TPSA) is 246 Å². The number of carbonyl (C=O) groups excluding carboxylic acids is 1. The van der Waals surface area contributed by atoms with E-state index in [1.165, 1.54) is 32.1 Å². The van der Waals surface area contributed by atoms with Crippen LogP contribution in [0.5, 0.6) is 0 Å². The number of aliphatic hydroxyl groups is 5. The third-order valence-corrected chi connectivity index (χ3v) is 14.1. The number of hydrogen-bond acceptors (Lipinski definition) is 13. The molecule has 15 heteroatoms. The second-order valence-corrected chi connectivity index (χ2v) is 18.0. The molecule has 15 nitrogen and oxygen atoms in total. The maximum atomic E-state index is 12.7. The van der Waals surface area contributed by atoms with Crippen molar-refractivity contribution < 1.29 is 54.4 Å². The van der Waals surface area contributed by atoms with E-state index in [4.69, 9.17) is 19.9 Å². The van der Waals surface area contributed by atoms with Gasteiger partial charge in [0.15, 0.2) is 24.2 Å². The van der Waals surface area contributed by atoms with E-state index in [0.717, 1.165) is 31.4 Å². The van der Waals surface area contributed by atoms with Crippen LogP contribution in [0, 0.1) is 42.1 Å². The minimum Gasteiger partial charge on any atom is -0.479 e. The molecule has 2 saturated heterocycles. The number of nitrogens with two attached hydrogens (primary N) is 1. The van der Waals surface area contributed by atoms with Gasteiger partial charge < -0.3 is 61.2 Å². The van der Waals surface area contributed by atoms with E-state index in [0.29, 0.717) is 51.0 Å². The molecule has 5 fully saturated rings. The van der Waals surface area contributed by atoms with E-state index < -0.39 is 78.5 Å². The molecule has 0 aromatic carbocycles. The third kappa shape index (κ3) is 10.9. The lowest BCUT2D eigenvalue weighted by molar-refractivity contribution is -0.346. The second kappa shape index (κ2) is 20.9. The Morgan fingerprint density at radius 1 is 1.02 bits per heavy atom. The Labute approximate surface area is 342 Å². The predicted octanol–water partition coefficient (Wildman–Crippen LogP) is 1.74. The van der Waals surface area contributed by atoms with Gasteiger partial charge in [0.1, 0.15) is 30.4 Å². The largest absolute Gasteiger partial charge is 0.479 e. The fourth-order valence-electron chi connectivity index (χ4n) is 10.7. The number of nitrogens with one attached hydrogen (secondary N) is 2. The van der Waals surface area contributed by atoms with Crippen molar-refractivity contribution in [3.63, 3.8) is 0 Å². The third-order valence-electron chi connectivity index (χ3n) is 14.1. The van der Waals surface area contributed by atoms with E-state index in [1.54, 1.807) is 6.54 Å². The average molecular weight is 818 g/mol. The van der Waals surface area contributed by atoms with Gasteiger partial charge >= 0.3 is 5.97 Å². The highest BCUT2D eigenvalue weighted by Crippen LogP contribution is 2.46. The normalized spacial score (nSPS) is 39.4. The first kappa shape index (κ1) is 45.1. The van der Waals surface area contributed by atoms with E-state index in [-0.39, 0.29) is 36.6 Å². The SMILES string of the molecule is CNCC[C@H](CC=CC1CCCCC1)[C@H](CNC[C@@]1(O)[C@H](OC2CCC3C(C2)OC(C(N)=O)C(C2CCC(O)CC2)C3O)O[C@H](C(=O)O)[C@@H](O)[C@@H]1O)CC1=C[CH+]N=C1. The van der Waals surface area contributed by atoms with Gasteiger partial charge in [-0.1, -0.05) is 31.4 Å². The number of amides is 1. The van der Waals surface area contributed by atoms with E-state index in [1.807, 2.05) is 19.3 Å². The van der Waals surface area contributed by atoms with Crippen LogP contribution < -0.4 is 16.4 Å². The number of aliphatic imine (C=N–C) groups is 1. The van der Waals surface area contributed by atoms with Gasteiger partial charge in [0.05, 0.1) is 30.5 Å². The highest BCUT2D eigenvalue weighted by Gasteiger charge is 2.59. The van der Waals surface area contributed by atoms with Crippen LogP contribution in [-0.4, -0.2) is 136 Å². The number of aliphatic carboxylic acids is 1. The summed E-state index contributed by atoms with van der Waals surface area (Å²) in [6.45, 7) is 2.76. The molecule has 6 aliphatic rings. The zero-order valence-electron chi connectivity index (χ0n) is 34.0. The molecule has 0 aromatic heterocycles. The molecule has 1 amide bonds. The fraction of sp³-hybridized carbons (Fsp3) is 0.814. The van der Waals surface area contributed by atoms with Gasteiger partial charge in [0.2, 0.25) is 5.91 Å². The van der Waals surface area contributed by atoms with Gasteiger partial charge in [-0.2, -0.15) is 0 Å². The minimum absolute atomic E-state index is 0.0256. The molecular weight excluding hydrogens is 748 g/mol. The van der Waals surface area contributed by atoms with Gasteiger partial charge in [0.25, 0.3) is 0 Å². The Balaban J connectivity index is 1.15. The summed E-state index contributed by atoms with van der Waals surface area (Å²) in [6.07, 6.45) is 9.89. The molecule has 3 saturated carbocycles. The number of carboxylic acid groups (broad SMARTS) is 1. The van der Waals surface area contributed by atoms with Crippen LogP contribution in [-0.2, 0) is 23.8 Å². The molecule has 3 aliphatic heterocycles. The molecule has 10 N–H and O–H groups in total. The quantitative estimate of drug-likeness (QED) is 0.0708. The number of primary amides is 1. The maximum Gasteiger partial charge on any atom is 0.335 e. The van der Waals surface area contributed by atoms with Crippen LogP contribution in [0.15, 0.2) is 28.8 Å². The van der Waals surface area contributed by atoms with Crippen molar-refractivity contribution in [2.75, 3.05) is 26.7 Å². The van der Waals surface area contributed by atoms with Crippen molar-refractivity contribution >= 4 is 18.1 Å². The first-order valence-corrected chi connectivity index (χ1v) is 21.9. The van der Waals surface area contributed by atoms with Crippen molar-refractivity contribution in [1.29, 1.82) is 0 Å². The number of hydrogen-bond donors (Lipinski definition) is 9. The molecule has 0 aromatic rings. The highest BCUT2D eigenvalue weighted by atomic mass is 16.7. The van der Waals surface area contributed by atoms with Crippen molar-refractivity contribution in [2.45, 2.75) is 157 Å². The first-order valence-electron chi connectivity index (χ1n) is 21.9. The number of carbonyl (C=O) groups is 2. The Kier molecular flexibility index (Phi) is 16.2. The molecule has 13 atom stereocenters. The van der Waals surface area contributed by atoms with Crippen LogP contribution >= 0.6 is 0 Å². The van der Waals surface area contributed by atoms with Crippen LogP contribution in [0.25, 0.3) is 0 Å². The van der Waals surface area contributed by atoms with Gasteiger partial charge in [-0.25, -0.2) is 4.79 Å². The number of nitrogens with zero attached hydrogens (tertiary/aromatic N) is 1. The molecule has 6 rings (SSSR count). The standard InChI is InChI=1S/C43H68N4O11/c1-45-18-17-27(9-5-8-25-6-3-2-4-7-25)29(20-26-16-19-46-22-26)23-47-24-43(55)39(51)36(50)38(41(53)54)58-42(43)56-31-14-15-32-33(21-31)57-37(40(44)52)34(35(32)49)28-10-12-30(48)13-11-28/h5,8,16,19,22,25,27-39,42,45,47-51,55H,2-4,6-7,9-15,17-18,20-21,23-24H2,1H3,(H2-,44,52,53,54)/p+1/t27-,28?,29-,30?,31?,32?,33?,34?,35?,36+,37?,38-,39-,42+,43-/m0/s1. The summed E-state index contributed by atoms with van der Waals surface area (Å²) in [5.41, 5.74) is 4.67. The van der Waals surface area contributed by atoms with Crippen LogP contribution in [0.4, 0.5) is 0 Å². The Bertz CT molecular complexity index is 1430. The average Bonchev–Trinajstić information content (AvgIpc) is 3.73. The van der Waals surface area contributed by atoms with Gasteiger partial charge in [-0.05, 0) is 108 Å². The van der Waals surface area contributed by atoms with Gasteiger partial charge in [-0.3, -0.25) is 4.79 Å². The lowest BCUT2D eigenvalue weighted by Crippen LogP contribution is -2.71. The summed E-state index contributed by atoms with van der Waals surface area (Å²) in [5, 5.41) is 72.9.